The highest BCUT2D eigenvalue weighted by atomic mass is 16.6. The fourth-order valence-electron chi connectivity index (χ4n) is 2.23. The lowest BCUT2D eigenvalue weighted by molar-refractivity contribution is 0.0173. The van der Waals surface area contributed by atoms with E-state index in [0.29, 0.717) is 6.54 Å². The van der Waals surface area contributed by atoms with E-state index in [0.717, 1.165) is 12.8 Å². The number of carbonyl (C=O) groups is 1. The summed E-state index contributed by atoms with van der Waals surface area (Å²) in [7, 11) is 0. The molecule has 0 aromatic rings. The Morgan fingerprint density at radius 2 is 1.94 bits per heavy atom. The van der Waals surface area contributed by atoms with Crippen LogP contribution in [-0.2, 0) is 9.53 Å². The standard InChI is InChI=1S/C13H22N2O3/c1-12(2,3)18-11(17)15-8-6-7-10(15)13(4,5)14-9-16/h10H,6-8H2,1-5H3. The Labute approximate surface area is 108 Å². The fourth-order valence-corrected chi connectivity index (χ4v) is 2.23. The van der Waals surface area contributed by atoms with Crippen LogP contribution in [0.2, 0.25) is 0 Å². The van der Waals surface area contributed by atoms with Crippen LogP contribution in [-0.4, -0.2) is 40.8 Å². The van der Waals surface area contributed by atoms with Crippen molar-refractivity contribution < 1.29 is 14.3 Å². The first-order chi connectivity index (χ1) is 8.17. The van der Waals surface area contributed by atoms with E-state index in [-0.39, 0.29) is 12.1 Å². The number of nitrogens with zero attached hydrogens (tertiary/aromatic N) is 2. The average Bonchev–Trinajstić information content (AvgIpc) is 2.63. The van der Waals surface area contributed by atoms with Gasteiger partial charge in [-0.15, -0.1) is 0 Å². The van der Waals surface area contributed by atoms with Gasteiger partial charge >= 0.3 is 6.09 Å². The Morgan fingerprint density at radius 1 is 1.33 bits per heavy atom. The molecule has 0 aliphatic carbocycles. The summed E-state index contributed by atoms with van der Waals surface area (Å²) < 4.78 is 5.37. The number of rotatable bonds is 2. The number of likely N-dealkylation sites (tertiary alicyclic amines) is 1. The van der Waals surface area contributed by atoms with Gasteiger partial charge in [0.25, 0.3) is 0 Å². The number of ether oxygens (including phenoxy) is 1. The summed E-state index contributed by atoms with van der Waals surface area (Å²) in [5, 5.41) is 0. The molecule has 1 saturated heterocycles. The minimum atomic E-state index is -0.616. The number of aliphatic imine (C=N–C) groups is 1. The minimum absolute atomic E-state index is 0.103. The van der Waals surface area contributed by atoms with E-state index in [1.54, 1.807) is 11.0 Å². The Balaban J connectivity index is 2.82. The third-order valence-corrected chi connectivity index (χ3v) is 3.03. The first-order valence-corrected chi connectivity index (χ1v) is 6.26. The van der Waals surface area contributed by atoms with Crippen LogP contribution in [0.5, 0.6) is 0 Å². The third kappa shape index (κ3) is 3.57. The molecule has 1 aliphatic heterocycles. The summed E-state index contributed by atoms with van der Waals surface area (Å²) in [4.78, 5) is 28.0. The topological polar surface area (TPSA) is 59.0 Å². The van der Waals surface area contributed by atoms with E-state index in [9.17, 15) is 9.59 Å². The molecule has 102 valence electrons. The molecule has 0 saturated carbocycles. The molecule has 0 aromatic heterocycles. The van der Waals surface area contributed by atoms with Gasteiger partial charge < -0.3 is 9.64 Å². The molecule has 0 radical (unpaired) electrons. The molecule has 18 heavy (non-hydrogen) atoms. The van der Waals surface area contributed by atoms with Gasteiger partial charge in [-0.25, -0.2) is 9.59 Å². The predicted octanol–water partition coefficient (Wildman–Crippen LogP) is 2.50. The lowest BCUT2D eigenvalue weighted by atomic mass is 9.93. The molecular weight excluding hydrogens is 232 g/mol. The summed E-state index contributed by atoms with van der Waals surface area (Å²) in [6.07, 6.45) is 2.99. The lowest BCUT2D eigenvalue weighted by Crippen LogP contribution is -2.48. The van der Waals surface area contributed by atoms with Gasteiger partial charge in [0, 0.05) is 6.54 Å². The average molecular weight is 254 g/mol. The van der Waals surface area contributed by atoms with Crippen LogP contribution in [0.15, 0.2) is 4.99 Å². The quantitative estimate of drug-likeness (QED) is 0.562. The summed E-state index contributed by atoms with van der Waals surface area (Å²) in [6.45, 7) is 9.84. The number of carbonyl (C=O) groups excluding carboxylic acids is 2. The maximum atomic E-state index is 12.1. The molecule has 1 amide bonds. The first-order valence-electron chi connectivity index (χ1n) is 6.26. The Hall–Kier alpha value is -1.35. The number of hydrogen-bond acceptors (Lipinski definition) is 4. The van der Waals surface area contributed by atoms with Crippen molar-refractivity contribution in [1.29, 1.82) is 0 Å². The van der Waals surface area contributed by atoms with Crippen molar-refractivity contribution >= 4 is 12.2 Å². The van der Waals surface area contributed by atoms with E-state index < -0.39 is 11.1 Å². The Kier molecular flexibility index (Phi) is 4.17. The minimum Gasteiger partial charge on any atom is -0.444 e. The second kappa shape index (κ2) is 5.11. The number of isocyanates is 1. The van der Waals surface area contributed by atoms with Crippen molar-refractivity contribution in [1.82, 2.24) is 4.90 Å². The van der Waals surface area contributed by atoms with Gasteiger partial charge in [-0.1, -0.05) is 0 Å². The molecule has 1 fully saturated rings. The summed E-state index contributed by atoms with van der Waals surface area (Å²) >= 11 is 0. The van der Waals surface area contributed by atoms with Crippen molar-refractivity contribution in [2.24, 2.45) is 4.99 Å². The number of amides is 1. The van der Waals surface area contributed by atoms with Crippen LogP contribution in [0.25, 0.3) is 0 Å². The van der Waals surface area contributed by atoms with Gasteiger partial charge in [-0.05, 0) is 47.5 Å². The summed E-state index contributed by atoms with van der Waals surface area (Å²) in [5.41, 5.74) is -1.13. The van der Waals surface area contributed by atoms with Gasteiger partial charge in [0.05, 0.1) is 11.6 Å². The molecule has 0 spiro atoms. The highest BCUT2D eigenvalue weighted by Gasteiger charge is 2.41. The van der Waals surface area contributed by atoms with Crippen LogP contribution in [0.3, 0.4) is 0 Å². The van der Waals surface area contributed by atoms with Crippen molar-refractivity contribution in [3.8, 4) is 0 Å². The molecule has 0 N–H and O–H groups in total. The van der Waals surface area contributed by atoms with Crippen molar-refractivity contribution in [2.45, 2.75) is 64.6 Å². The smallest absolute Gasteiger partial charge is 0.410 e. The molecule has 1 rings (SSSR count). The van der Waals surface area contributed by atoms with Crippen LogP contribution in [0.1, 0.15) is 47.5 Å². The highest BCUT2D eigenvalue weighted by Crippen LogP contribution is 2.30. The molecular formula is C13H22N2O3. The predicted molar refractivity (Wildman–Crippen MR) is 68.2 cm³/mol. The zero-order chi connectivity index (χ0) is 14.0. The van der Waals surface area contributed by atoms with Gasteiger partial charge in [-0.3, -0.25) is 0 Å². The van der Waals surface area contributed by atoms with Crippen LogP contribution in [0, 0.1) is 0 Å². The Bertz CT molecular complexity index is 365. The van der Waals surface area contributed by atoms with Crippen molar-refractivity contribution in [2.75, 3.05) is 6.54 Å². The molecule has 0 aromatic carbocycles. The van der Waals surface area contributed by atoms with E-state index in [2.05, 4.69) is 4.99 Å². The fraction of sp³-hybridized carbons (Fsp3) is 0.846. The highest BCUT2D eigenvalue weighted by molar-refractivity contribution is 5.69. The largest absolute Gasteiger partial charge is 0.444 e. The van der Waals surface area contributed by atoms with Crippen LogP contribution < -0.4 is 0 Å². The van der Waals surface area contributed by atoms with Gasteiger partial charge in [0.1, 0.15) is 5.60 Å². The van der Waals surface area contributed by atoms with Gasteiger partial charge in [-0.2, -0.15) is 4.99 Å². The molecule has 1 unspecified atom stereocenters. The van der Waals surface area contributed by atoms with Gasteiger partial charge in [0.15, 0.2) is 0 Å². The lowest BCUT2D eigenvalue weighted by Gasteiger charge is -2.34. The second-order valence-corrected chi connectivity index (χ2v) is 6.19. The normalized spacial score (nSPS) is 20.5. The zero-order valence-electron chi connectivity index (χ0n) is 11.8. The van der Waals surface area contributed by atoms with Gasteiger partial charge in [0.2, 0.25) is 6.08 Å². The van der Waals surface area contributed by atoms with E-state index in [1.807, 2.05) is 34.6 Å². The molecule has 0 bridgehead atoms. The van der Waals surface area contributed by atoms with E-state index >= 15 is 0 Å². The molecule has 1 aliphatic rings. The van der Waals surface area contributed by atoms with Crippen molar-refractivity contribution in [3.05, 3.63) is 0 Å². The summed E-state index contributed by atoms with van der Waals surface area (Å²) in [6, 6.07) is -0.103. The SMILES string of the molecule is CC(C)(C)OC(=O)N1CCCC1C(C)(C)N=C=O. The van der Waals surface area contributed by atoms with E-state index in [1.165, 1.54) is 0 Å². The van der Waals surface area contributed by atoms with E-state index in [4.69, 9.17) is 4.74 Å². The first kappa shape index (κ1) is 14.7. The number of hydrogen-bond donors (Lipinski definition) is 0. The zero-order valence-corrected chi connectivity index (χ0v) is 11.8. The second-order valence-electron chi connectivity index (χ2n) is 6.19. The molecule has 1 heterocycles. The third-order valence-electron chi connectivity index (χ3n) is 3.03. The van der Waals surface area contributed by atoms with Crippen LogP contribution in [0.4, 0.5) is 4.79 Å². The summed E-state index contributed by atoms with van der Waals surface area (Å²) in [5.74, 6) is 0. The molecule has 1 atom stereocenters. The maximum absolute atomic E-state index is 12.1. The molecule has 5 nitrogen and oxygen atoms in total. The monoisotopic (exact) mass is 254 g/mol. The Morgan fingerprint density at radius 3 is 2.44 bits per heavy atom. The van der Waals surface area contributed by atoms with Crippen LogP contribution >= 0.6 is 0 Å². The maximum Gasteiger partial charge on any atom is 0.410 e. The van der Waals surface area contributed by atoms with Crippen molar-refractivity contribution in [3.63, 3.8) is 0 Å². The molecule has 5 heteroatoms.